The fourth-order valence-electron chi connectivity index (χ4n) is 1.03. The second kappa shape index (κ2) is 6.30. The first-order valence-electron chi connectivity index (χ1n) is 4.43. The van der Waals surface area contributed by atoms with Crippen molar-refractivity contribution in [1.82, 2.24) is 0 Å². The van der Waals surface area contributed by atoms with E-state index in [4.69, 9.17) is 0 Å². The molecule has 12 heavy (non-hydrogen) atoms. The molecule has 0 heterocycles. The molecule has 0 saturated carbocycles. The Labute approximate surface area is 81.4 Å². The van der Waals surface area contributed by atoms with Crippen LogP contribution in [0, 0.1) is 0 Å². The Kier molecular flexibility index (Phi) is 6.17. The van der Waals surface area contributed by atoms with Crippen molar-refractivity contribution >= 4 is 18.3 Å². The number of aliphatic imine (C=N–C) groups is 1. The van der Waals surface area contributed by atoms with E-state index in [-0.39, 0.29) is 0 Å². The molecule has 2 heteroatoms. The first kappa shape index (κ1) is 11.8. The summed E-state index contributed by atoms with van der Waals surface area (Å²) in [7, 11) is 0. The molecule has 0 rings (SSSR count). The zero-order valence-corrected chi connectivity index (χ0v) is 9.41. The van der Waals surface area contributed by atoms with Crippen molar-refractivity contribution < 1.29 is 0 Å². The van der Waals surface area contributed by atoms with E-state index >= 15 is 0 Å². The highest BCUT2D eigenvalue weighted by molar-refractivity contribution is 7.84. The molecule has 0 amide bonds. The molecule has 0 aliphatic carbocycles. The van der Waals surface area contributed by atoms with Gasteiger partial charge in [0.05, 0.1) is 0 Å². The minimum absolute atomic E-state index is 0.906. The SMILES string of the molecule is CC/C(CCN=C(C)C)=C(\C)S. The van der Waals surface area contributed by atoms with Crippen LogP contribution in [0.1, 0.15) is 40.5 Å². The fourth-order valence-corrected chi connectivity index (χ4v) is 1.30. The van der Waals surface area contributed by atoms with E-state index in [9.17, 15) is 0 Å². The van der Waals surface area contributed by atoms with Gasteiger partial charge in [-0.1, -0.05) is 12.5 Å². The average molecular weight is 185 g/mol. The molecule has 70 valence electrons. The molecular formula is C10H19NS. The standard InChI is InChI=1S/C10H19NS/c1-5-10(9(4)12)6-7-11-8(2)3/h12H,5-7H2,1-4H3/b10-9-. The summed E-state index contributed by atoms with van der Waals surface area (Å²) in [5.74, 6) is 0. The first-order chi connectivity index (χ1) is 5.57. The Morgan fingerprint density at radius 3 is 2.17 bits per heavy atom. The zero-order chi connectivity index (χ0) is 9.56. The van der Waals surface area contributed by atoms with Crippen molar-refractivity contribution in [3.8, 4) is 0 Å². The van der Waals surface area contributed by atoms with E-state index in [1.807, 2.05) is 20.8 Å². The minimum atomic E-state index is 0.906. The van der Waals surface area contributed by atoms with Crippen molar-refractivity contribution in [2.45, 2.75) is 40.5 Å². The maximum Gasteiger partial charge on any atom is 0.0425 e. The lowest BCUT2D eigenvalue weighted by molar-refractivity contribution is 0.887. The Morgan fingerprint density at radius 2 is 1.83 bits per heavy atom. The van der Waals surface area contributed by atoms with Gasteiger partial charge in [-0.15, -0.1) is 12.6 Å². The monoisotopic (exact) mass is 185 g/mol. The van der Waals surface area contributed by atoms with Gasteiger partial charge in [-0.05, 0) is 38.5 Å². The lowest BCUT2D eigenvalue weighted by Crippen LogP contribution is -1.91. The number of hydrogen-bond acceptors (Lipinski definition) is 2. The molecular weight excluding hydrogens is 166 g/mol. The van der Waals surface area contributed by atoms with E-state index in [0.717, 1.165) is 30.0 Å². The van der Waals surface area contributed by atoms with Gasteiger partial charge >= 0.3 is 0 Å². The molecule has 0 bridgehead atoms. The Balaban J connectivity index is 3.92. The van der Waals surface area contributed by atoms with Crippen LogP contribution in [0.15, 0.2) is 15.5 Å². The van der Waals surface area contributed by atoms with E-state index in [2.05, 4.69) is 24.5 Å². The molecule has 0 aliphatic heterocycles. The van der Waals surface area contributed by atoms with Gasteiger partial charge in [0.25, 0.3) is 0 Å². The quantitative estimate of drug-likeness (QED) is 0.508. The largest absolute Gasteiger partial charge is 0.294 e. The minimum Gasteiger partial charge on any atom is -0.294 e. The molecule has 0 aromatic carbocycles. The molecule has 0 unspecified atom stereocenters. The summed E-state index contributed by atoms with van der Waals surface area (Å²) in [6.45, 7) is 9.18. The topological polar surface area (TPSA) is 12.4 Å². The Morgan fingerprint density at radius 1 is 1.25 bits per heavy atom. The van der Waals surface area contributed by atoms with Gasteiger partial charge < -0.3 is 0 Å². The Hall–Kier alpha value is -0.240. The average Bonchev–Trinajstić information content (AvgIpc) is 1.96. The molecule has 0 aromatic rings. The molecule has 0 saturated heterocycles. The van der Waals surface area contributed by atoms with Gasteiger partial charge in [0.1, 0.15) is 0 Å². The van der Waals surface area contributed by atoms with Gasteiger partial charge in [0.15, 0.2) is 0 Å². The van der Waals surface area contributed by atoms with E-state index < -0.39 is 0 Å². The number of rotatable bonds is 4. The molecule has 0 aliphatic rings. The lowest BCUT2D eigenvalue weighted by Gasteiger charge is -2.04. The molecule has 0 spiro atoms. The van der Waals surface area contributed by atoms with Crippen LogP contribution in [0.3, 0.4) is 0 Å². The fraction of sp³-hybridized carbons (Fsp3) is 0.700. The summed E-state index contributed by atoms with van der Waals surface area (Å²) in [5, 5.41) is 0. The second-order valence-corrected chi connectivity index (χ2v) is 3.79. The molecule has 1 nitrogen and oxygen atoms in total. The van der Waals surface area contributed by atoms with Crippen molar-refractivity contribution in [3.05, 3.63) is 10.5 Å². The number of thiol groups is 1. The van der Waals surface area contributed by atoms with Crippen LogP contribution in [0.5, 0.6) is 0 Å². The third-order valence-corrected chi connectivity index (χ3v) is 2.10. The van der Waals surface area contributed by atoms with E-state index in [0.29, 0.717) is 0 Å². The third-order valence-electron chi connectivity index (χ3n) is 1.78. The highest BCUT2D eigenvalue weighted by atomic mass is 32.1. The van der Waals surface area contributed by atoms with Crippen molar-refractivity contribution in [3.63, 3.8) is 0 Å². The maximum atomic E-state index is 4.34. The highest BCUT2D eigenvalue weighted by Crippen LogP contribution is 2.15. The zero-order valence-electron chi connectivity index (χ0n) is 8.52. The molecule has 0 fully saturated rings. The van der Waals surface area contributed by atoms with Crippen LogP contribution < -0.4 is 0 Å². The first-order valence-corrected chi connectivity index (χ1v) is 4.87. The van der Waals surface area contributed by atoms with Crippen molar-refractivity contribution in [2.75, 3.05) is 6.54 Å². The van der Waals surface area contributed by atoms with Crippen molar-refractivity contribution in [1.29, 1.82) is 0 Å². The van der Waals surface area contributed by atoms with Gasteiger partial charge in [-0.3, -0.25) is 4.99 Å². The third kappa shape index (κ3) is 5.42. The summed E-state index contributed by atoms with van der Waals surface area (Å²) < 4.78 is 0. The number of allylic oxidation sites excluding steroid dienone is 1. The normalized spacial score (nSPS) is 12.4. The number of hydrogen-bond donors (Lipinski definition) is 1. The molecule has 0 radical (unpaired) electrons. The van der Waals surface area contributed by atoms with Crippen LogP contribution in [0.25, 0.3) is 0 Å². The highest BCUT2D eigenvalue weighted by Gasteiger charge is 1.96. The summed E-state index contributed by atoms with van der Waals surface area (Å²) >= 11 is 4.33. The van der Waals surface area contributed by atoms with Crippen LogP contribution in [0.4, 0.5) is 0 Å². The molecule has 0 N–H and O–H groups in total. The smallest absolute Gasteiger partial charge is 0.0425 e. The van der Waals surface area contributed by atoms with Crippen LogP contribution in [-0.4, -0.2) is 12.3 Å². The number of nitrogens with zero attached hydrogens (tertiary/aromatic N) is 1. The maximum absolute atomic E-state index is 4.34. The van der Waals surface area contributed by atoms with Gasteiger partial charge in [-0.2, -0.15) is 0 Å². The van der Waals surface area contributed by atoms with Crippen LogP contribution in [0.2, 0.25) is 0 Å². The van der Waals surface area contributed by atoms with Crippen LogP contribution >= 0.6 is 12.6 Å². The van der Waals surface area contributed by atoms with E-state index in [1.165, 1.54) is 5.57 Å². The van der Waals surface area contributed by atoms with E-state index in [1.54, 1.807) is 0 Å². The van der Waals surface area contributed by atoms with Crippen LogP contribution in [-0.2, 0) is 0 Å². The van der Waals surface area contributed by atoms with Gasteiger partial charge in [0.2, 0.25) is 0 Å². The molecule has 0 aromatic heterocycles. The predicted octanol–water partition coefficient (Wildman–Crippen LogP) is 3.47. The summed E-state index contributed by atoms with van der Waals surface area (Å²) in [6.07, 6.45) is 2.14. The van der Waals surface area contributed by atoms with Gasteiger partial charge in [-0.25, -0.2) is 0 Å². The van der Waals surface area contributed by atoms with Gasteiger partial charge in [0, 0.05) is 12.3 Å². The summed E-state index contributed by atoms with van der Waals surface area (Å²) in [4.78, 5) is 5.50. The second-order valence-electron chi connectivity index (χ2n) is 3.12. The Bertz CT molecular complexity index is 184. The summed E-state index contributed by atoms with van der Waals surface area (Å²) in [5.41, 5.74) is 2.57. The lowest BCUT2D eigenvalue weighted by atomic mass is 10.1. The summed E-state index contributed by atoms with van der Waals surface area (Å²) in [6, 6.07) is 0. The predicted molar refractivity (Wildman–Crippen MR) is 60.2 cm³/mol. The van der Waals surface area contributed by atoms with Crippen molar-refractivity contribution in [2.24, 2.45) is 4.99 Å². The molecule has 0 atom stereocenters.